The molecule has 1 aromatic rings. The predicted octanol–water partition coefficient (Wildman–Crippen LogP) is 4.28. The van der Waals surface area contributed by atoms with E-state index in [2.05, 4.69) is 25.9 Å². The van der Waals surface area contributed by atoms with E-state index in [4.69, 9.17) is 27.9 Å². The molecule has 90 valence electrons. The van der Waals surface area contributed by atoms with E-state index in [0.29, 0.717) is 20.6 Å². The number of methoxy groups -OCH3 is 1. The molecule has 0 aliphatic rings. The van der Waals surface area contributed by atoms with Gasteiger partial charge in [-0.05, 0) is 21.3 Å². The number of nitrogens with zero attached hydrogens (tertiary/aromatic N) is 2. The van der Waals surface area contributed by atoms with Crippen LogP contribution in [0.3, 0.4) is 0 Å². The molecule has 0 N–H and O–H groups in total. The predicted molar refractivity (Wildman–Crippen MR) is 69.0 cm³/mol. The van der Waals surface area contributed by atoms with Crippen LogP contribution in [0.2, 0.25) is 10.3 Å². The Morgan fingerprint density at radius 1 is 1.19 bits per heavy atom. The zero-order valence-corrected chi connectivity index (χ0v) is 12.6. The first-order valence-electron chi connectivity index (χ1n) is 4.68. The second-order valence-corrected chi connectivity index (χ2v) is 5.97. The lowest BCUT2D eigenvalue weighted by molar-refractivity contribution is 0.00865. The minimum Gasteiger partial charge on any atom is -0.373 e. The molecule has 0 aliphatic heterocycles. The Kier molecular flexibility index (Phi) is 4.57. The fraction of sp³-hybridized carbons (Fsp3) is 0.600. The molecule has 0 spiro atoms. The van der Waals surface area contributed by atoms with Crippen molar-refractivity contribution in [1.29, 1.82) is 0 Å². The van der Waals surface area contributed by atoms with Gasteiger partial charge in [0, 0.05) is 7.11 Å². The largest absolute Gasteiger partial charge is 0.373 e. The second kappa shape index (κ2) is 5.17. The van der Waals surface area contributed by atoms with Crippen molar-refractivity contribution in [3.05, 3.63) is 20.6 Å². The van der Waals surface area contributed by atoms with E-state index in [1.54, 1.807) is 7.11 Å². The average molecular weight is 328 g/mol. The van der Waals surface area contributed by atoms with E-state index in [-0.39, 0.29) is 11.5 Å². The lowest BCUT2D eigenvalue weighted by atomic mass is 9.88. The third-order valence-corrected chi connectivity index (χ3v) is 3.80. The maximum absolute atomic E-state index is 5.93. The second-order valence-electron chi connectivity index (χ2n) is 4.46. The molecule has 1 aromatic heterocycles. The Labute approximate surface area is 114 Å². The van der Waals surface area contributed by atoms with Crippen LogP contribution in [0.4, 0.5) is 0 Å². The fourth-order valence-electron chi connectivity index (χ4n) is 1.37. The van der Waals surface area contributed by atoms with Gasteiger partial charge in [-0.2, -0.15) is 0 Å². The van der Waals surface area contributed by atoms with E-state index in [0.717, 1.165) is 0 Å². The zero-order chi connectivity index (χ0) is 12.5. The molecule has 1 rings (SSSR count). The summed E-state index contributed by atoms with van der Waals surface area (Å²) < 4.78 is 5.90. The summed E-state index contributed by atoms with van der Waals surface area (Å²) in [5.41, 5.74) is -0.130. The number of rotatable bonds is 2. The van der Waals surface area contributed by atoms with Crippen molar-refractivity contribution in [2.75, 3.05) is 7.11 Å². The maximum atomic E-state index is 5.93. The summed E-state index contributed by atoms with van der Waals surface area (Å²) in [4.78, 5) is 8.34. The third kappa shape index (κ3) is 3.06. The molecule has 0 saturated carbocycles. The molecule has 0 radical (unpaired) electrons. The standard InChI is InChI=1S/C10H13BrCl2N2O/c1-10(2,3)6(16-4)9-14-7(12)5(11)8(13)15-9/h6H,1-4H3. The van der Waals surface area contributed by atoms with Crippen LogP contribution in [0.15, 0.2) is 4.47 Å². The summed E-state index contributed by atoms with van der Waals surface area (Å²) in [6.07, 6.45) is -0.254. The molecule has 0 aromatic carbocycles. The van der Waals surface area contributed by atoms with Crippen molar-refractivity contribution in [2.24, 2.45) is 5.41 Å². The van der Waals surface area contributed by atoms with Crippen molar-refractivity contribution in [3.63, 3.8) is 0 Å². The number of hydrogen-bond donors (Lipinski definition) is 0. The Hall–Kier alpha value is 0.1000. The fourth-order valence-corrected chi connectivity index (χ4v) is 1.95. The molecule has 0 amide bonds. The van der Waals surface area contributed by atoms with Crippen LogP contribution >= 0.6 is 39.1 Å². The van der Waals surface area contributed by atoms with Crippen molar-refractivity contribution in [3.8, 4) is 0 Å². The molecule has 1 heterocycles. The highest BCUT2D eigenvalue weighted by atomic mass is 79.9. The van der Waals surface area contributed by atoms with Gasteiger partial charge in [-0.3, -0.25) is 0 Å². The van der Waals surface area contributed by atoms with Crippen molar-refractivity contribution < 1.29 is 4.74 Å². The minimum atomic E-state index is -0.254. The molecule has 0 bridgehead atoms. The van der Waals surface area contributed by atoms with Crippen LogP contribution in [-0.2, 0) is 4.74 Å². The Morgan fingerprint density at radius 2 is 1.62 bits per heavy atom. The smallest absolute Gasteiger partial charge is 0.161 e. The van der Waals surface area contributed by atoms with Gasteiger partial charge in [0.2, 0.25) is 0 Å². The quantitative estimate of drug-likeness (QED) is 0.760. The molecule has 0 saturated heterocycles. The zero-order valence-electron chi connectivity index (χ0n) is 9.51. The van der Waals surface area contributed by atoms with E-state index >= 15 is 0 Å². The van der Waals surface area contributed by atoms with Gasteiger partial charge in [0.1, 0.15) is 16.4 Å². The summed E-state index contributed by atoms with van der Waals surface area (Å²) in [5, 5.41) is 0.586. The number of aromatic nitrogens is 2. The first kappa shape index (κ1) is 14.2. The van der Waals surface area contributed by atoms with Crippen LogP contribution < -0.4 is 0 Å². The Bertz CT molecular complexity index is 370. The summed E-state index contributed by atoms with van der Waals surface area (Å²) in [6, 6.07) is 0. The van der Waals surface area contributed by atoms with E-state index in [1.165, 1.54) is 0 Å². The molecule has 1 unspecified atom stereocenters. The summed E-state index contributed by atoms with van der Waals surface area (Å²) >= 11 is 15.1. The van der Waals surface area contributed by atoms with Gasteiger partial charge in [0.05, 0.1) is 4.47 Å². The van der Waals surface area contributed by atoms with Gasteiger partial charge in [-0.15, -0.1) is 0 Å². The van der Waals surface area contributed by atoms with Crippen molar-refractivity contribution >= 4 is 39.1 Å². The molecule has 0 aliphatic carbocycles. The summed E-state index contributed by atoms with van der Waals surface area (Å²) in [6.45, 7) is 6.11. The highest BCUT2D eigenvalue weighted by Gasteiger charge is 2.29. The molecule has 1 atom stereocenters. The summed E-state index contributed by atoms with van der Waals surface area (Å²) in [5.74, 6) is 0.494. The van der Waals surface area contributed by atoms with Gasteiger partial charge in [-0.1, -0.05) is 44.0 Å². The van der Waals surface area contributed by atoms with E-state index in [9.17, 15) is 0 Å². The first-order chi connectivity index (χ1) is 7.27. The lowest BCUT2D eigenvalue weighted by Crippen LogP contribution is -2.22. The van der Waals surface area contributed by atoms with Crippen LogP contribution in [0.1, 0.15) is 32.7 Å². The van der Waals surface area contributed by atoms with Crippen molar-refractivity contribution in [2.45, 2.75) is 26.9 Å². The van der Waals surface area contributed by atoms with Gasteiger partial charge >= 0.3 is 0 Å². The molecule has 6 heteroatoms. The van der Waals surface area contributed by atoms with Gasteiger partial charge in [0.25, 0.3) is 0 Å². The number of halogens is 3. The van der Waals surface area contributed by atoms with Crippen LogP contribution in [0.5, 0.6) is 0 Å². The Balaban J connectivity index is 3.22. The van der Waals surface area contributed by atoms with E-state index in [1.807, 2.05) is 20.8 Å². The molecule has 16 heavy (non-hydrogen) atoms. The van der Waals surface area contributed by atoms with Crippen molar-refractivity contribution in [1.82, 2.24) is 9.97 Å². The molecule has 3 nitrogen and oxygen atoms in total. The molecular formula is C10H13BrCl2N2O. The number of ether oxygens (including phenoxy) is 1. The highest BCUT2D eigenvalue weighted by molar-refractivity contribution is 9.10. The molecule has 0 fully saturated rings. The monoisotopic (exact) mass is 326 g/mol. The molecular weight excluding hydrogens is 315 g/mol. The average Bonchev–Trinajstić information content (AvgIpc) is 2.12. The van der Waals surface area contributed by atoms with Crippen LogP contribution in [-0.4, -0.2) is 17.1 Å². The first-order valence-corrected chi connectivity index (χ1v) is 6.23. The highest BCUT2D eigenvalue weighted by Crippen LogP contribution is 2.36. The third-order valence-electron chi connectivity index (χ3n) is 2.04. The Morgan fingerprint density at radius 3 is 1.94 bits per heavy atom. The number of hydrogen-bond acceptors (Lipinski definition) is 3. The maximum Gasteiger partial charge on any atom is 0.161 e. The topological polar surface area (TPSA) is 35.0 Å². The SMILES string of the molecule is COC(c1nc(Cl)c(Br)c(Cl)n1)C(C)(C)C. The normalized spacial score (nSPS) is 13.9. The van der Waals surface area contributed by atoms with Gasteiger partial charge in [0.15, 0.2) is 5.82 Å². The van der Waals surface area contributed by atoms with E-state index < -0.39 is 0 Å². The summed E-state index contributed by atoms with van der Waals surface area (Å²) in [7, 11) is 1.61. The lowest BCUT2D eigenvalue weighted by Gasteiger charge is -2.28. The van der Waals surface area contributed by atoms with Gasteiger partial charge in [-0.25, -0.2) is 9.97 Å². The van der Waals surface area contributed by atoms with Crippen LogP contribution in [0.25, 0.3) is 0 Å². The van der Waals surface area contributed by atoms with Crippen LogP contribution in [0, 0.1) is 5.41 Å². The minimum absolute atomic E-state index is 0.130. The van der Waals surface area contributed by atoms with Gasteiger partial charge < -0.3 is 4.74 Å².